The van der Waals surface area contributed by atoms with Crippen molar-refractivity contribution in [1.82, 2.24) is 0 Å². The number of benzene rings is 2. The van der Waals surface area contributed by atoms with Crippen molar-refractivity contribution in [2.24, 2.45) is 0 Å². The van der Waals surface area contributed by atoms with Crippen LogP contribution in [0.2, 0.25) is 0 Å². The van der Waals surface area contributed by atoms with E-state index in [2.05, 4.69) is 5.32 Å². The second-order valence-electron chi connectivity index (χ2n) is 4.71. The van der Waals surface area contributed by atoms with E-state index in [9.17, 15) is 0 Å². The van der Waals surface area contributed by atoms with E-state index in [0.717, 1.165) is 28.3 Å². The van der Waals surface area contributed by atoms with E-state index in [0.29, 0.717) is 13.0 Å². The molecule has 0 aliphatic carbocycles. The fraction of sp³-hybridized carbons (Fsp3) is 0.294. The van der Waals surface area contributed by atoms with E-state index >= 15 is 0 Å². The molecule has 2 N–H and O–H groups in total. The van der Waals surface area contributed by atoms with Crippen LogP contribution in [0.25, 0.3) is 0 Å². The van der Waals surface area contributed by atoms with Crippen LogP contribution in [0, 0.1) is 0 Å². The van der Waals surface area contributed by atoms with Crippen LogP contribution in [-0.2, 0) is 13.0 Å². The molecule has 2 aromatic rings. The molecular weight excluding hydrogens is 266 g/mol. The molecule has 0 spiro atoms. The standard InChI is InChI=1S/C17H21NO3/c1-20-16-8-5-14(11-17(16)21-2)12-18-15-6-3-13(4-7-15)9-10-19/h3-8,11,18-19H,9-10,12H2,1-2H3. The number of nitrogens with one attached hydrogen (secondary N) is 1. The zero-order valence-corrected chi connectivity index (χ0v) is 12.4. The summed E-state index contributed by atoms with van der Waals surface area (Å²) >= 11 is 0. The average Bonchev–Trinajstić information content (AvgIpc) is 2.54. The monoisotopic (exact) mass is 287 g/mol. The lowest BCUT2D eigenvalue weighted by Crippen LogP contribution is -2.01. The molecule has 4 heteroatoms. The van der Waals surface area contributed by atoms with Crippen molar-refractivity contribution in [1.29, 1.82) is 0 Å². The van der Waals surface area contributed by atoms with Gasteiger partial charge in [-0.25, -0.2) is 0 Å². The summed E-state index contributed by atoms with van der Waals surface area (Å²) in [7, 11) is 3.26. The lowest BCUT2D eigenvalue weighted by Gasteiger charge is -2.11. The van der Waals surface area contributed by atoms with Crippen molar-refractivity contribution in [2.75, 3.05) is 26.1 Å². The van der Waals surface area contributed by atoms with Crippen LogP contribution >= 0.6 is 0 Å². The normalized spacial score (nSPS) is 10.2. The van der Waals surface area contributed by atoms with Gasteiger partial charge in [0.1, 0.15) is 0 Å². The van der Waals surface area contributed by atoms with Crippen LogP contribution in [0.15, 0.2) is 42.5 Å². The molecule has 0 saturated heterocycles. The summed E-state index contributed by atoms with van der Waals surface area (Å²) in [6.45, 7) is 0.887. The highest BCUT2D eigenvalue weighted by Crippen LogP contribution is 2.27. The molecule has 112 valence electrons. The van der Waals surface area contributed by atoms with Gasteiger partial charge in [-0.2, -0.15) is 0 Å². The van der Waals surface area contributed by atoms with Crippen LogP contribution in [-0.4, -0.2) is 25.9 Å². The molecule has 0 heterocycles. The number of hydrogen-bond donors (Lipinski definition) is 2. The number of aliphatic hydroxyl groups excluding tert-OH is 1. The van der Waals surface area contributed by atoms with Crippen molar-refractivity contribution < 1.29 is 14.6 Å². The molecule has 0 aliphatic heterocycles. The van der Waals surface area contributed by atoms with Gasteiger partial charge in [0.2, 0.25) is 0 Å². The fourth-order valence-electron chi connectivity index (χ4n) is 2.11. The number of anilines is 1. The van der Waals surface area contributed by atoms with E-state index < -0.39 is 0 Å². The molecule has 0 atom stereocenters. The SMILES string of the molecule is COc1ccc(CNc2ccc(CCO)cc2)cc1OC. The van der Waals surface area contributed by atoms with E-state index in [1.165, 1.54) is 0 Å². The third-order valence-electron chi connectivity index (χ3n) is 3.30. The predicted molar refractivity (Wildman–Crippen MR) is 84.1 cm³/mol. The first-order valence-electron chi connectivity index (χ1n) is 6.91. The zero-order chi connectivity index (χ0) is 15.1. The van der Waals surface area contributed by atoms with Gasteiger partial charge in [-0.15, -0.1) is 0 Å². The second kappa shape index (κ2) is 7.55. The Bertz CT molecular complexity index is 567. The summed E-state index contributed by atoms with van der Waals surface area (Å²) in [4.78, 5) is 0. The maximum absolute atomic E-state index is 8.90. The summed E-state index contributed by atoms with van der Waals surface area (Å²) in [5.74, 6) is 1.46. The summed E-state index contributed by atoms with van der Waals surface area (Å²) in [6, 6.07) is 14.0. The number of aliphatic hydroxyl groups is 1. The Morgan fingerprint density at radius 3 is 2.19 bits per heavy atom. The van der Waals surface area contributed by atoms with Gasteiger partial charge in [-0.1, -0.05) is 18.2 Å². The van der Waals surface area contributed by atoms with Gasteiger partial charge in [0.05, 0.1) is 14.2 Å². The molecule has 0 aliphatic rings. The molecule has 2 rings (SSSR count). The van der Waals surface area contributed by atoms with Gasteiger partial charge in [-0.05, 0) is 41.8 Å². The molecule has 0 radical (unpaired) electrons. The van der Waals surface area contributed by atoms with E-state index in [4.69, 9.17) is 14.6 Å². The van der Waals surface area contributed by atoms with Gasteiger partial charge in [0, 0.05) is 18.8 Å². The van der Waals surface area contributed by atoms with Crippen LogP contribution in [0.4, 0.5) is 5.69 Å². The summed E-state index contributed by atoms with van der Waals surface area (Å²) < 4.78 is 10.5. The molecule has 0 saturated carbocycles. The van der Waals surface area contributed by atoms with Crippen LogP contribution in [0.5, 0.6) is 11.5 Å². The highest BCUT2D eigenvalue weighted by molar-refractivity contribution is 5.47. The van der Waals surface area contributed by atoms with Crippen molar-refractivity contribution in [3.8, 4) is 11.5 Å². The van der Waals surface area contributed by atoms with Crippen LogP contribution in [0.1, 0.15) is 11.1 Å². The van der Waals surface area contributed by atoms with Crippen molar-refractivity contribution in [2.45, 2.75) is 13.0 Å². The molecule has 4 nitrogen and oxygen atoms in total. The summed E-state index contributed by atoms with van der Waals surface area (Å²) in [5.41, 5.74) is 3.30. The first-order valence-corrected chi connectivity index (χ1v) is 6.91. The summed E-state index contributed by atoms with van der Waals surface area (Å²) in [6.07, 6.45) is 0.690. The Morgan fingerprint density at radius 1 is 0.905 bits per heavy atom. The minimum absolute atomic E-state index is 0.179. The zero-order valence-electron chi connectivity index (χ0n) is 12.4. The van der Waals surface area contributed by atoms with Crippen molar-refractivity contribution in [3.05, 3.63) is 53.6 Å². The van der Waals surface area contributed by atoms with E-state index in [1.54, 1.807) is 14.2 Å². The largest absolute Gasteiger partial charge is 0.493 e. The van der Waals surface area contributed by atoms with Crippen molar-refractivity contribution >= 4 is 5.69 Å². The van der Waals surface area contributed by atoms with E-state index in [-0.39, 0.29) is 6.61 Å². The van der Waals surface area contributed by atoms with Crippen LogP contribution < -0.4 is 14.8 Å². The third kappa shape index (κ3) is 4.13. The third-order valence-corrected chi connectivity index (χ3v) is 3.30. The molecule has 21 heavy (non-hydrogen) atoms. The Hall–Kier alpha value is -2.20. The first-order chi connectivity index (χ1) is 10.3. The lowest BCUT2D eigenvalue weighted by molar-refractivity contribution is 0.299. The number of rotatable bonds is 7. The molecule has 0 unspecified atom stereocenters. The Morgan fingerprint density at radius 2 is 1.57 bits per heavy atom. The minimum Gasteiger partial charge on any atom is -0.493 e. The van der Waals surface area contributed by atoms with Gasteiger partial charge in [0.15, 0.2) is 11.5 Å². The maximum Gasteiger partial charge on any atom is 0.161 e. The summed E-state index contributed by atoms with van der Waals surface area (Å²) in [5, 5.41) is 12.3. The molecular formula is C17H21NO3. The smallest absolute Gasteiger partial charge is 0.161 e. The van der Waals surface area contributed by atoms with Gasteiger partial charge in [-0.3, -0.25) is 0 Å². The van der Waals surface area contributed by atoms with Crippen LogP contribution in [0.3, 0.4) is 0 Å². The molecule has 0 aromatic heterocycles. The van der Waals surface area contributed by atoms with Gasteiger partial charge in [0.25, 0.3) is 0 Å². The highest BCUT2D eigenvalue weighted by Gasteiger charge is 2.04. The average molecular weight is 287 g/mol. The first kappa shape index (κ1) is 15.2. The van der Waals surface area contributed by atoms with Gasteiger partial charge < -0.3 is 19.9 Å². The van der Waals surface area contributed by atoms with E-state index in [1.807, 2.05) is 42.5 Å². The minimum atomic E-state index is 0.179. The predicted octanol–water partition coefficient (Wildman–Crippen LogP) is 2.85. The Kier molecular flexibility index (Phi) is 5.46. The quantitative estimate of drug-likeness (QED) is 0.822. The van der Waals surface area contributed by atoms with Gasteiger partial charge >= 0.3 is 0 Å². The maximum atomic E-state index is 8.90. The van der Waals surface area contributed by atoms with Crippen molar-refractivity contribution in [3.63, 3.8) is 0 Å². The fourth-order valence-corrected chi connectivity index (χ4v) is 2.11. The highest BCUT2D eigenvalue weighted by atomic mass is 16.5. The second-order valence-corrected chi connectivity index (χ2v) is 4.71. The topological polar surface area (TPSA) is 50.7 Å². The molecule has 0 bridgehead atoms. The number of methoxy groups -OCH3 is 2. The molecule has 2 aromatic carbocycles. The number of hydrogen-bond acceptors (Lipinski definition) is 4. The number of ether oxygens (including phenoxy) is 2. The Balaban J connectivity index is 1.99. The molecule has 0 fully saturated rings. The molecule has 0 amide bonds. The lowest BCUT2D eigenvalue weighted by atomic mass is 10.1. The Labute approximate surface area is 125 Å².